The van der Waals surface area contributed by atoms with Crippen molar-refractivity contribution < 1.29 is 44.2 Å². The maximum Gasteiger partial charge on any atom is 0 e. The Labute approximate surface area is 72.7 Å². The standard InChI is InChI=1S/Na.O.2W. The zero-order valence-corrected chi connectivity index (χ0v) is 10.1. The summed E-state index contributed by atoms with van der Waals surface area (Å²) in [6.07, 6.45) is 0. The van der Waals surface area contributed by atoms with Crippen molar-refractivity contribution in [1.29, 1.82) is 0 Å². The fourth-order valence-corrected chi connectivity index (χ4v) is 0. The Bertz CT molecular complexity index is 6.00. The summed E-state index contributed by atoms with van der Waals surface area (Å²) in [4.78, 5) is 0. The second-order valence-electron chi connectivity index (χ2n) is 0. The van der Waals surface area contributed by atoms with Crippen LogP contribution in [0.4, 0.5) is 0 Å². The van der Waals surface area contributed by atoms with Crippen LogP contribution in [0.2, 0.25) is 0 Å². The molecule has 1 radical (unpaired) electrons. The van der Waals surface area contributed by atoms with Crippen LogP contribution >= 0.6 is 0 Å². The number of hydrogen-bond acceptors (Lipinski definition) is 1. The molecular weight excluding hydrogens is 407 g/mol. The molecule has 0 fully saturated rings. The minimum absolute atomic E-state index is 0. The molecule has 0 aliphatic rings. The van der Waals surface area contributed by atoms with Crippen LogP contribution in [0.25, 0.3) is 0 Å². The first kappa shape index (κ1) is 16.4. The van der Waals surface area contributed by atoms with E-state index in [0.717, 1.165) is 0 Å². The summed E-state index contributed by atoms with van der Waals surface area (Å²) in [6, 6.07) is 0. The van der Waals surface area contributed by atoms with Crippen molar-refractivity contribution in [3.8, 4) is 0 Å². The molecule has 1 nitrogen and oxygen atoms in total. The first-order valence-electron chi connectivity index (χ1n) is 0.167. The zero-order chi connectivity index (χ0) is 2.00. The topological polar surface area (TPSA) is 17.1 Å². The molecule has 0 aliphatic heterocycles. The van der Waals surface area contributed by atoms with E-state index >= 15 is 0 Å². The first-order valence-corrected chi connectivity index (χ1v) is 1.36. The van der Waals surface area contributed by atoms with Gasteiger partial charge in [0.1, 0.15) is 0 Å². The van der Waals surface area contributed by atoms with E-state index in [9.17, 15) is 0 Å². The van der Waals surface area contributed by atoms with E-state index < -0.39 is 0 Å². The van der Waals surface area contributed by atoms with Crippen LogP contribution < -0.4 is 0 Å². The summed E-state index contributed by atoms with van der Waals surface area (Å²) in [5.41, 5.74) is 0. The Hall–Kier alpha value is 2.18. The van der Waals surface area contributed by atoms with Gasteiger partial charge in [0.25, 0.3) is 0 Å². The predicted octanol–water partition coefficient (Wildman–Crippen LogP) is -0.505. The Morgan fingerprint density at radius 1 is 1.25 bits per heavy atom. The Morgan fingerprint density at radius 3 is 1.25 bits per heavy atom. The number of rotatable bonds is 0. The SMILES string of the molecule is [Na].[O]=[W].[W]. The molecule has 0 aromatic heterocycles. The normalized spacial score (nSPS) is 1.00. The van der Waals surface area contributed by atoms with Gasteiger partial charge in [0.05, 0.1) is 0 Å². The van der Waals surface area contributed by atoms with Crippen LogP contribution in [0.1, 0.15) is 0 Å². The molecule has 4 heteroatoms. The smallest absolute Gasteiger partial charge is 0 e. The summed E-state index contributed by atoms with van der Waals surface area (Å²) in [6.45, 7) is 0. The van der Waals surface area contributed by atoms with Gasteiger partial charge < -0.3 is 0 Å². The maximum absolute atomic E-state index is 8.33. The third-order valence-electron chi connectivity index (χ3n) is 0. The van der Waals surface area contributed by atoms with Crippen molar-refractivity contribution in [3.05, 3.63) is 0 Å². The molecule has 0 rings (SSSR count). The van der Waals surface area contributed by atoms with Crippen molar-refractivity contribution in [3.63, 3.8) is 0 Å². The molecule has 0 aromatic rings. The molecule has 0 unspecified atom stereocenters. The van der Waals surface area contributed by atoms with Gasteiger partial charge >= 0.3 is 23.2 Å². The summed E-state index contributed by atoms with van der Waals surface area (Å²) in [5.74, 6) is 0. The molecule has 0 spiro atoms. The summed E-state index contributed by atoms with van der Waals surface area (Å²) in [7, 11) is 0. The molecule has 4 heavy (non-hydrogen) atoms. The van der Waals surface area contributed by atoms with E-state index in [1.165, 1.54) is 0 Å². The third kappa shape index (κ3) is 8.90. The zero-order valence-electron chi connectivity index (χ0n) is 2.22. The van der Waals surface area contributed by atoms with E-state index in [4.69, 9.17) is 3.40 Å². The summed E-state index contributed by atoms with van der Waals surface area (Å²) >= 11 is 0.333. The van der Waals surface area contributed by atoms with Gasteiger partial charge in [0.15, 0.2) is 0 Å². The monoisotopic (exact) mass is 407 g/mol. The average molecular weight is 407 g/mol. The van der Waals surface area contributed by atoms with Crippen LogP contribution in [0.5, 0.6) is 0 Å². The molecule has 19 valence electrons. The van der Waals surface area contributed by atoms with Crippen molar-refractivity contribution >= 4 is 29.6 Å². The van der Waals surface area contributed by atoms with E-state index in [0.29, 0.717) is 19.8 Å². The number of hydrogen-bond donors (Lipinski definition) is 0. The molecule has 0 heterocycles. The van der Waals surface area contributed by atoms with E-state index in [-0.39, 0.29) is 50.6 Å². The molecule has 0 saturated heterocycles. The van der Waals surface area contributed by atoms with E-state index in [1.54, 1.807) is 0 Å². The van der Waals surface area contributed by atoms with Crippen LogP contribution in [-0.2, 0) is 44.2 Å². The summed E-state index contributed by atoms with van der Waals surface area (Å²) in [5, 5.41) is 0. The Balaban J connectivity index is -0.00000000500. The fraction of sp³-hybridized carbons (Fsp3) is 0. The van der Waals surface area contributed by atoms with Gasteiger partial charge in [-0.2, -0.15) is 0 Å². The molecule has 0 bridgehead atoms. The van der Waals surface area contributed by atoms with E-state index in [2.05, 4.69) is 0 Å². The largest absolute Gasteiger partial charge is 0 e. The second kappa shape index (κ2) is 19.1. The van der Waals surface area contributed by atoms with Gasteiger partial charge in [-0.25, -0.2) is 0 Å². The second-order valence-corrected chi connectivity index (χ2v) is 0. The van der Waals surface area contributed by atoms with Crippen molar-refractivity contribution in [1.82, 2.24) is 0 Å². The van der Waals surface area contributed by atoms with Gasteiger partial charge in [-0.05, 0) is 0 Å². The van der Waals surface area contributed by atoms with Gasteiger partial charge in [-0.1, -0.05) is 0 Å². The average Bonchev–Trinajstić information content (AvgIpc) is 1.00. The van der Waals surface area contributed by atoms with Crippen molar-refractivity contribution in [2.75, 3.05) is 0 Å². The Kier molecular flexibility index (Phi) is 78.2. The molecule has 0 saturated carbocycles. The summed E-state index contributed by atoms with van der Waals surface area (Å²) < 4.78 is 8.33. The predicted molar refractivity (Wildman–Crippen MR) is 6.44 cm³/mol. The molecule has 0 N–H and O–H groups in total. The quantitative estimate of drug-likeness (QED) is 0.496. The third-order valence-corrected chi connectivity index (χ3v) is 0. The molecule has 0 aliphatic carbocycles. The van der Waals surface area contributed by atoms with Gasteiger partial charge in [0.2, 0.25) is 0 Å². The van der Waals surface area contributed by atoms with Crippen LogP contribution in [0.15, 0.2) is 0 Å². The van der Waals surface area contributed by atoms with Crippen LogP contribution in [0.3, 0.4) is 0 Å². The fourth-order valence-electron chi connectivity index (χ4n) is 0. The van der Waals surface area contributed by atoms with E-state index in [1.807, 2.05) is 0 Å². The van der Waals surface area contributed by atoms with Gasteiger partial charge in [-0.3, -0.25) is 0 Å². The van der Waals surface area contributed by atoms with Crippen molar-refractivity contribution in [2.24, 2.45) is 0 Å². The van der Waals surface area contributed by atoms with Gasteiger partial charge in [0, 0.05) is 50.6 Å². The minimum Gasteiger partial charge on any atom is 0 e. The Morgan fingerprint density at radius 2 is 1.25 bits per heavy atom. The van der Waals surface area contributed by atoms with Crippen LogP contribution in [0, 0.1) is 0 Å². The molecular formula is NaOW2. The maximum atomic E-state index is 8.33. The van der Waals surface area contributed by atoms with Crippen molar-refractivity contribution in [2.45, 2.75) is 0 Å². The molecule has 0 amide bonds. The molecule has 0 aromatic carbocycles. The molecule has 0 atom stereocenters. The van der Waals surface area contributed by atoms with Gasteiger partial charge in [-0.15, -0.1) is 0 Å². The minimum atomic E-state index is 0. The first-order chi connectivity index (χ1) is 1.00. The van der Waals surface area contributed by atoms with Crippen LogP contribution in [-0.4, -0.2) is 29.6 Å².